The second-order valence-corrected chi connectivity index (χ2v) is 3.50. The fraction of sp³-hybridized carbons (Fsp3) is 0.333. The molecule has 1 N–H and O–H groups in total. The van der Waals surface area contributed by atoms with E-state index in [-0.39, 0.29) is 12.2 Å². The molecule has 0 unspecified atom stereocenters. The Labute approximate surface area is 88.7 Å². The highest BCUT2D eigenvalue weighted by atomic mass is 16.4. The second kappa shape index (κ2) is 4.73. The maximum Gasteiger partial charge on any atom is 0.307 e. The smallest absolute Gasteiger partial charge is 0.307 e. The molecule has 0 saturated carbocycles. The van der Waals surface area contributed by atoms with E-state index in [0.717, 1.165) is 5.56 Å². The highest BCUT2D eigenvalue weighted by molar-refractivity contribution is 5.97. The Morgan fingerprint density at radius 3 is 2.53 bits per heavy atom. The van der Waals surface area contributed by atoms with Gasteiger partial charge in [0, 0.05) is 12.0 Å². The lowest BCUT2D eigenvalue weighted by Crippen LogP contribution is -2.04. The van der Waals surface area contributed by atoms with Crippen molar-refractivity contribution in [3.63, 3.8) is 0 Å². The van der Waals surface area contributed by atoms with Crippen molar-refractivity contribution < 1.29 is 14.7 Å². The van der Waals surface area contributed by atoms with E-state index < -0.39 is 5.97 Å². The molecule has 0 aromatic heterocycles. The molecule has 1 rings (SSSR count). The van der Waals surface area contributed by atoms with Gasteiger partial charge in [0.25, 0.3) is 0 Å². The van der Waals surface area contributed by atoms with Crippen molar-refractivity contribution in [2.45, 2.75) is 26.7 Å². The minimum absolute atomic E-state index is 0.0374. The standard InChI is InChI=1S/C12H14O3/c1-3-11(13)10-6-9(7-12(14)15)5-4-8(10)2/h4-6H,3,7H2,1-2H3,(H,14,15). The van der Waals surface area contributed by atoms with Gasteiger partial charge in [-0.2, -0.15) is 0 Å². The zero-order chi connectivity index (χ0) is 11.4. The molecule has 0 heterocycles. The molecular weight excluding hydrogens is 192 g/mol. The third kappa shape index (κ3) is 2.91. The van der Waals surface area contributed by atoms with Gasteiger partial charge in [0.05, 0.1) is 6.42 Å². The van der Waals surface area contributed by atoms with Crippen LogP contribution in [0.2, 0.25) is 0 Å². The molecule has 3 nitrogen and oxygen atoms in total. The number of hydrogen-bond acceptors (Lipinski definition) is 2. The van der Waals surface area contributed by atoms with Crippen molar-refractivity contribution >= 4 is 11.8 Å². The molecule has 0 aliphatic heterocycles. The second-order valence-electron chi connectivity index (χ2n) is 3.50. The number of hydrogen-bond donors (Lipinski definition) is 1. The van der Waals surface area contributed by atoms with Crippen LogP contribution in [-0.4, -0.2) is 16.9 Å². The van der Waals surface area contributed by atoms with Gasteiger partial charge in [0.1, 0.15) is 0 Å². The highest BCUT2D eigenvalue weighted by Crippen LogP contribution is 2.13. The summed E-state index contributed by atoms with van der Waals surface area (Å²) in [5.74, 6) is -0.825. The molecule has 3 heteroatoms. The molecule has 0 aliphatic rings. The first-order chi connectivity index (χ1) is 7.04. The molecule has 15 heavy (non-hydrogen) atoms. The van der Waals surface area contributed by atoms with Crippen LogP contribution in [-0.2, 0) is 11.2 Å². The van der Waals surface area contributed by atoms with Crippen molar-refractivity contribution in [1.82, 2.24) is 0 Å². The van der Waals surface area contributed by atoms with E-state index in [4.69, 9.17) is 5.11 Å². The van der Waals surface area contributed by atoms with Crippen LogP contribution in [0, 0.1) is 6.92 Å². The number of Topliss-reactive ketones (excluding diaryl/α,β-unsaturated/α-hetero) is 1. The Morgan fingerprint density at radius 1 is 1.33 bits per heavy atom. The summed E-state index contributed by atoms with van der Waals surface area (Å²) in [5.41, 5.74) is 2.21. The summed E-state index contributed by atoms with van der Waals surface area (Å²) in [6, 6.07) is 5.21. The molecule has 0 bridgehead atoms. The van der Waals surface area contributed by atoms with E-state index in [0.29, 0.717) is 17.5 Å². The Hall–Kier alpha value is -1.64. The number of aliphatic carboxylic acids is 1. The van der Waals surface area contributed by atoms with Crippen LogP contribution in [0.15, 0.2) is 18.2 Å². The fourth-order valence-corrected chi connectivity index (χ4v) is 1.44. The van der Waals surface area contributed by atoms with Crippen LogP contribution in [0.4, 0.5) is 0 Å². The molecule has 0 aliphatic carbocycles. The van der Waals surface area contributed by atoms with Crippen LogP contribution in [0.3, 0.4) is 0 Å². The van der Waals surface area contributed by atoms with Crippen molar-refractivity contribution in [1.29, 1.82) is 0 Å². The van der Waals surface area contributed by atoms with Crippen LogP contribution in [0.25, 0.3) is 0 Å². The lowest BCUT2D eigenvalue weighted by molar-refractivity contribution is -0.136. The van der Waals surface area contributed by atoms with E-state index in [1.54, 1.807) is 25.1 Å². The van der Waals surface area contributed by atoms with Gasteiger partial charge in [-0.25, -0.2) is 0 Å². The number of ketones is 1. The van der Waals surface area contributed by atoms with Crippen LogP contribution < -0.4 is 0 Å². The van der Waals surface area contributed by atoms with Gasteiger partial charge in [-0.3, -0.25) is 9.59 Å². The van der Waals surface area contributed by atoms with Gasteiger partial charge in [0.15, 0.2) is 5.78 Å². The maximum atomic E-state index is 11.5. The normalized spacial score (nSPS) is 10.0. The van der Waals surface area contributed by atoms with Crippen LogP contribution in [0.5, 0.6) is 0 Å². The SMILES string of the molecule is CCC(=O)c1cc(CC(=O)O)ccc1C. The number of rotatable bonds is 4. The topological polar surface area (TPSA) is 54.4 Å². The predicted octanol–water partition coefficient (Wildman–Crippen LogP) is 2.21. The van der Waals surface area contributed by atoms with E-state index in [1.165, 1.54) is 0 Å². The molecular formula is C12H14O3. The zero-order valence-electron chi connectivity index (χ0n) is 8.91. The molecule has 0 radical (unpaired) electrons. The molecule has 1 aromatic rings. The van der Waals surface area contributed by atoms with Crippen molar-refractivity contribution in [2.75, 3.05) is 0 Å². The molecule has 0 fully saturated rings. The summed E-state index contributed by atoms with van der Waals surface area (Å²) in [6.07, 6.45) is 0.404. The predicted molar refractivity (Wildman–Crippen MR) is 57.1 cm³/mol. The van der Waals surface area contributed by atoms with Gasteiger partial charge in [-0.1, -0.05) is 19.1 Å². The first-order valence-corrected chi connectivity index (χ1v) is 4.89. The highest BCUT2D eigenvalue weighted by Gasteiger charge is 2.09. The Morgan fingerprint density at radius 2 is 2.00 bits per heavy atom. The molecule has 80 valence electrons. The summed E-state index contributed by atoms with van der Waals surface area (Å²) in [6.45, 7) is 3.65. The van der Waals surface area contributed by atoms with Crippen LogP contribution >= 0.6 is 0 Å². The minimum Gasteiger partial charge on any atom is -0.481 e. The lowest BCUT2D eigenvalue weighted by Gasteiger charge is -2.05. The first-order valence-electron chi connectivity index (χ1n) is 4.89. The molecule has 0 saturated heterocycles. The number of aryl methyl sites for hydroxylation is 1. The third-order valence-corrected chi connectivity index (χ3v) is 2.28. The first kappa shape index (κ1) is 11.4. The quantitative estimate of drug-likeness (QED) is 0.768. The number of benzene rings is 1. The monoisotopic (exact) mass is 206 g/mol. The summed E-state index contributed by atoms with van der Waals surface area (Å²) in [5, 5.41) is 8.64. The Bertz CT molecular complexity index is 394. The summed E-state index contributed by atoms with van der Waals surface area (Å²) < 4.78 is 0. The lowest BCUT2D eigenvalue weighted by atomic mass is 9.99. The maximum absolute atomic E-state index is 11.5. The van der Waals surface area contributed by atoms with Gasteiger partial charge in [-0.15, -0.1) is 0 Å². The Kier molecular flexibility index (Phi) is 3.61. The number of carbonyl (C=O) groups excluding carboxylic acids is 1. The van der Waals surface area contributed by atoms with E-state index >= 15 is 0 Å². The van der Waals surface area contributed by atoms with Crippen molar-refractivity contribution in [3.8, 4) is 0 Å². The summed E-state index contributed by atoms with van der Waals surface area (Å²) in [7, 11) is 0. The van der Waals surface area contributed by atoms with E-state index in [2.05, 4.69) is 0 Å². The summed E-state index contributed by atoms with van der Waals surface area (Å²) in [4.78, 5) is 22.0. The van der Waals surface area contributed by atoms with Crippen molar-refractivity contribution in [2.24, 2.45) is 0 Å². The summed E-state index contributed by atoms with van der Waals surface area (Å²) >= 11 is 0. The van der Waals surface area contributed by atoms with Gasteiger partial charge < -0.3 is 5.11 Å². The van der Waals surface area contributed by atoms with E-state index in [9.17, 15) is 9.59 Å². The Balaban J connectivity index is 3.05. The van der Waals surface area contributed by atoms with Gasteiger partial charge in [0.2, 0.25) is 0 Å². The number of carbonyl (C=O) groups is 2. The van der Waals surface area contributed by atoms with Crippen LogP contribution in [0.1, 0.15) is 34.8 Å². The third-order valence-electron chi connectivity index (χ3n) is 2.28. The minimum atomic E-state index is -0.881. The average molecular weight is 206 g/mol. The van der Waals surface area contributed by atoms with Crippen molar-refractivity contribution in [3.05, 3.63) is 34.9 Å². The van der Waals surface area contributed by atoms with E-state index in [1.807, 2.05) is 6.92 Å². The number of carboxylic acids is 1. The molecule has 0 spiro atoms. The average Bonchev–Trinajstić information content (AvgIpc) is 2.19. The number of carboxylic acid groups (broad SMARTS) is 1. The fourth-order valence-electron chi connectivity index (χ4n) is 1.44. The molecule has 0 amide bonds. The molecule has 1 aromatic carbocycles. The van der Waals surface area contributed by atoms with Gasteiger partial charge >= 0.3 is 5.97 Å². The largest absolute Gasteiger partial charge is 0.481 e. The van der Waals surface area contributed by atoms with Gasteiger partial charge in [-0.05, 0) is 24.1 Å². The molecule has 0 atom stereocenters. The zero-order valence-corrected chi connectivity index (χ0v) is 8.91.